The van der Waals surface area contributed by atoms with E-state index < -0.39 is 0 Å². The van der Waals surface area contributed by atoms with Crippen LogP contribution in [0, 0.1) is 19.9 Å². The molecule has 1 aromatic heterocycles. The summed E-state index contributed by atoms with van der Waals surface area (Å²) in [6.45, 7) is 15.6. The zero-order chi connectivity index (χ0) is 13.0. The summed E-state index contributed by atoms with van der Waals surface area (Å²) in [6.07, 6.45) is 6.52. The number of hydrogen-bond donors (Lipinski definition) is 0. The number of aryl methyl sites for hydroxylation is 2. The molecule has 0 unspecified atom stereocenters. The number of pyridine rings is 1. The molecule has 17 heavy (non-hydrogen) atoms. The molecule has 0 aromatic carbocycles. The van der Waals surface area contributed by atoms with Gasteiger partial charge in [0.2, 0.25) is 0 Å². The molecule has 1 heterocycles. The number of hydrogen-bond acceptors (Lipinski definition) is 1. The molecule has 0 bridgehead atoms. The Morgan fingerprint density at radius 2 is 1.65 bits per heavy atom. The van der Waals surface area contributed by atoms with Gasteiger partial charge < -0.3 is 0 Å². The fourth-order valence-electron chi connectivity index (χ4n) is 0.910. The average molecular weight is 470 g/mol. The van der Waals surface area contributed by atoms with Crippen LogP contribution in [-0.4, -0.2) is 4.98 Å². The smallest absolute Gasteiger partial charge is 0.0344 e. The van der Waals surface area contributed by atoms with Crippen molar-refractivity contribution in [3.63, 3.8) is 0 Å². The number of aromatic nitrogens is 1. The molecule has 0 aliphatic heterocycles. The van der Waals surface area contributed by atoms with Crippen LogP contribution in [0.1, 0.15) is 44.6 Å². The molecule has 0 fully saturated rings. The average Bonchev–Trinajstić information content (AvgIpc) is 2.35. The van der Waals surface area contributed by atoms with Gasteiger partial charge in [-0.1, -0.05) is 40.7 Å². The van der Waals surface area contributed by atoms with Crippen molar-refractivity contribution in [1.82, 2.24) is 4.98 Å². The first-order valence-electron chi connectivity index (χ1n) is 5.89. The first-order chi connectivity index (χ1) is 7.74. The van der Waals surface area contributed by atoms with Crippen LogP contribution in [0.3, 0.4) is 0 Å². The summed E-state index contributed by atoms with van der Waals surface area (Å²) in [7, 11) is 0. The maximum atomic E-state index is 4.32. The van der Waals surface area contributed by atoms with E-state index in [0.717, 1.165) is 17.0 Å². The van der Waals surface area contributed by atoms with E-state index in [1.165, 1.54) is 0 Å². The van der Waals surface area contributed by atoms with Crippen molar-refractivity contribution in [2.45, 2.75) is 41.5 Å². The Balaban J connectivity index is -0.000000355. The minimum atomic E-state index is 0. The summed E-state index contributed by atoms with van der Waals surface area (Å²) in [5.74, 6) is 0. The van der Waals surface area contributed by atoms with Gasteiger partial charge in [0, 0.05) is 5.69 Å². The third kappa shape index (κ3) is 8.61. The van der Waals surface area contributed by atoms with Gasteiger partial charge in [-0.3, -0.25) is 4.98 Å². The van der Waals surface area contributed by atoms with Crippen LogP contribution in [0.2, 0.25) is 0 Å². The Morgan fingerprint density at radius 1 is 1.12 bits per heavy atom. The van der Waals surface area contributed by atoms with Gasteiger partial charge >= 0.3 is 0 Å². The van der Waals surface area contributed by atoms with Crippen LogP contribution < -0.4 is 0 Å². The second-order valence-electron chi connectivity index (χ2n) is 2.66. The van der Waals surface area contributed by atoms with Gasteiger partial charge in [0.15, 0.2) is 0 Å². The predicted octanol–water partition coefficient (Wildman–Crippen LogP) is 4.64. The minimum absolute atomic E-state index is 0. The maximum absolute atomic E-state index is 4.32. The van der Waals surface area contributed by atoms with Gasteiger partial charge in [0.25, 0.3) is 0 Å². The van der Waals surface area contributed by atoms with Crippen LogP contribution >= 0.6 is 0 Å². The summed E-state index contributed by atoms with van der Waals surface area (Å²) >= 11 is 0. The van der Waals surface area contributed by atoms with Gasteiger partial charge in [-0.25, -0.2) is 0 Å². The van der Waals surface area contributed by atoms with Crippen LogP contribution in [-0.2, 0) is 0 Å². The van der Waals surface area contributed by atoms with Gasteiger partial charge in [-0.05, 0) is 12.6 Å². The third-order valence-corrected chi connectivity index (χ3v) is 1.57. The van der Waals surface area contributed by atoms with Crippen LogP contribution in [0.4, 0.5) is 0 Å². The second kappa shape index (κ2) is 13.6. The summed E-state index contributed by atoms with van der Waals surface area (Å²) < 4.78 is 0. The molecular weight excluding hydrogens is 446 g/mol. The van der Waals surface area contributed by atoms with E-state index in [1.54, 1.807) is 12.2 Å². The summed E-state index contributed by atoms with van der Waals surface area (Å²) in [6, 6.07) is 4.04. The number of nitrogens with zero attached hydrogens (tertiary/aromatic N) is 1. The van der Waals surface area contributed by atoms with Crippen molar-refractivity contribution in [1.29, 1.82) is 0 Å². The van der Waals surface area contributed by atoms with Crippen molar-refractivity contribution in [3.05, 3.63) is 53.9 Å². The molecule has 0 amide bonds. The maximum Gasteiger partial charge on any atom is 0.0344 e. The Kier molecular flexibility index (Phi) is 16.1. The van der Waals surface area contributed by atoms with E-state index in [-0.39, 0.29) is 0 Å². The standard InChI is InChI=1S/C11H12N.2C2H6.Es/c1-4-5-6-11-9(2)7-8-10(3)12-11;2*1-2;/h4-5,7-8H,1H2,2-3H3;2*1-2H3;/q-1;;;. The number of allylic oxidation sites excluding steroid dienone is 2. The SMILES string of the molecule is C=CC=[C-]c1nc(C)ccc1C.CC.CC.[Es]. The molecule has 1 aromatic rings. The number of rotatable bonds is 2. The molecule has 0 saturated carbocycles. The monoisotopic (exact) mass is 470 g/mol. The molecule has 1 radical (unpaired) electrons. The second-order valence-corrected chi connectivity index (χ2v) is 2.66. The summed E-state index contributed by atoms with van der Waals surface area (Å²) in [5, 5.41) is 0. The molecule has 1 rings (SSSR count). The molecule has 0 aliphatic rings. The van der Waals surface area contributed by atoms with E-state index in [9.17, 15) is 0 Å². The van der Waals surface area contributed by atoms with Crippen molar-refractivity contribution in [2.24, 2.45) is 0 Å². The predicted molar refractivity (Wildman–Crippen MR) is 73.5 cm³/mol. The molecule has 101 valence electrons. The largest absolute Gasteiger partial charge is 0.280 e. The van der Waals surface area contributed by atoms with E-state index >= 15 is 0 Å². The Morgan fingerprint density at radius 3 is 2.12 bits per heavy atom. The Labute approximate surface area is 101 Å². The summed E-state index contributed by atoms with van der Waals surface area (Å²) in [5.41, 5.74) is 3.05. The third-order valence-electron chi connectivity index (χ3n) is 1.57. The Bertz CT molecular complexity index is 317. The zero-order valence-corrected chi connectivity index (χ0v) is 14.3. The zero-order valence-electron chi connectivity index (χ0n) is 11.8. The molecule has 0 aliphatic carbocycles. The van der Waals surface area contributed by atoms with Gasteiger partial charge in [-0.15, -0.1) is 11.6 Å². The normalized spacial score (nSPS) is 8.12. The molecule has 0 atom stereocenters. The quantitative estimate of drug-likeness (QED) is 0.453. The molecule has 0 N–H and O–H groups in total. The first kappa shape index (κ1) is 20.1. The van der Waals surface area contributed by atoms with Crippen LogP contribution in [0.15, 0.2) is 30.9 Å². The van der Waals surface area contributed by atoms with Crippen LogP contribution in [0.25, 0.3) is 0 Å². The fraction of sp³-hybridized carbons (Fsp3) is 0.400. The Hall–Kier alpha value is -2.37. The van der Waals surface area contributed by atoms with Gasteiger partial charge in [-0.2, -0.15) is 24.8 Å². The van der Waals surface area contributed by atoms with Gasteiger partial charge in [0.05, 0.1) is 0 Å². The van der Waals surface area contributed by atoms with E-state index in [4.69, 9.17) is 0 Å². The van der Waals surface area contributed by atoms with Crippen molar-refractivity contribution in [3.8, 4) is 0 Å². The topological polar surface area (TPSA) is 12.9 Å². The molecular formula is C15H24EsN-. The molecule has 1 nitrogen and oxygen atoms in total. The van der Waals surface area contributed by atoms with Crippen molar-refractivity contribution in [2.75, 3.05) is 0 Å². The van der Waals surface area contributed by atoms with E-state index in [0.29, 0.717) is 0 Å². The van der Waals surface area contributed by atoms with Crippen molar-refractivity contribution >= 4 is 0 Å². The minimum Gasteiger partial charge on any atom is -0.280 e. The van der Waals surface area contributed by atoms with Gasteiger partial charge in [0.1, 0.15) is 0 Å². The first-order valence-corrected chi connectivity index (χ1v) is 5.89. The fourth-order valence-corrected chi connectivity index (χ4v) is 0.910. The molecule has 0 saturated heterocycles. The van der Waals surface area contributed by atoms with E-state index in [1.807, 2.05) is 53.7 Å². The molecule has 2 heteroatoms. The van der Waals surface area contributed by atoms with Crippen LogP contribution in [0.5, 0.6) is 0 Å². The van der Waals surface area contributed by atoms with E-state index in [2.05, 4.69) is 17.6 Å². The molecule has 0 spiro atoms. The van der Waals surface area contributed by atoms with Crippen molar-refractivity contribution < 1.29 is 0 Å². The summed E-state index contributed by atoms with van der Waals surface area (Å²) in [4.78, 5) is 4.32.